The van der Waals surface area contributed by atoms with E-state index in [9.17, 15) is 18.8 Å². The quantitative estimate of drug-likeness (QED) is 0.376. The highest BCUT2D eigenvalue weighted by Crippen LogP contribution is 2.19. The minimum Gasteiger partial charge on any atom is -0.466 e. The van der Waals surface area contributed by atoms with Crippen molar-refractivity contribution in [2.75, 3.05) is 19.7 Å². The Morgan fingerprint density at radius 2 is 1.72 bits per heavy atom. The normalized spacial score (nSPS) is 11.0. The maximum absolute atomic E-state index is 13.5. The largest absolute Gasteiger partial charge is 0.466 e. The Morgan fingerprint density at radius 1 is 1.00 bits per heavy atom. The summed E-state index contributed by atoms with van der Waals surface area (Å²) in [7, 11) is 0. The van der Waals surface area contributed by atoms with Crippen LogP contribution in [0.5, 0.6) is 0 Å². The Hall–Kier alpha value is -3.68. The topological polar surface area (TPSA) is 82.7 Å². The van der Waals surface area contributed by atoms with Crippen LogP contribution in [0.2, 0.25) is 0 Å². The van der Waals surface area contributed by atoms with Crippen molar-refractivity contribution in [3.05, 3.63) is 71.7 Å². The summed E-state index contributed by atoms with van der Waals surface area (Å²) in [4.78, 5) is 44.4. The zero-order valence-corrected chi connectivity index (χ0v) is 21.1. The maximum Gasteiger partial charge on any atom is 0.306 e. The standard InChI is InChI=1S/C28H34FN3O4/c1-4-36-28(35)14-13-26(33)32(20(2)3)19-27(34)31(18-21-9-11-23(29)12-10-21)16-15-22-17-30-25-8-6-5-7-24(22)25/h5-12,17,20,30H,4,13-16,18-19H2,1-3H3. The van der Waals surface area contributed by atoms with E-state index in [4.69, 9.17) is 4.74 Å². The van der Waals surface area contributed by atoms with Crippen LogP contribution in [0.15, 0.2) is 54.7 Å². The average molecular weight is 496 g/mol. The van der Waals surface area contributed by atoms with E-state index >= 15 is 0 Å². The number of hydrogen-bond acceptors (Lipinski definition) is 4. The van der Waals surface area contributed by atoms with E-state index in [0.717, 1.165) is 22.0 Å². The number of ether oxygens (including phenoxy) is 1. The number of para-hydroxylation sites is 1. The van der Waals surface area contributed by atoms with Crippen LogP contribution in [0, 0.1) is 5.82 Å². The molecule has 1 heterocycles. The van der Waals surface area contributed by atoms with Crippen LogP contribution >= 0.6 is 0 Å². The third-order valence-electron chi connectivity index (χ3n) is 6.06. The molecule has 1 N–H and O–H groups in total. The molecule has 0 atom stereocenters. The molecule has 0 aliphatic carbocycles. The number of nitrogens with zero attached hydrogens (tertiary/aromatic N) is 2. The molecule has 0 saturated carbocycles. The number of carbonyl (C=O) groups is 3. The summed E-state index contributed by atoms with van der Waals surface area (Å²) >= 11 is 0. The number of rotatable bonds is 12. The monoisotopic (exact) mass is 495 g/mol. The number of nitrogens with one attached hydrogen (secondary N) is 1. The Morgan fingerprint density at radius 3 is 2.42 bits per heavy atom. The predicted octanol–water partition coefficient (Wildman–Crippen LogP) is 4.46. The molecule has 0 aliphatic heterocycles. The molecule has 0 saturated heterocycles. The fourth-order valence-electron chi connectivity index (χ4n) is 4.09. The molecule has 0 aliphatic rings. The van der Waals surface area contributed by atoms with Gasteiger partial charge in [-0.15, -0.1) is 0 Å². The van der Waals surface area contributed by atoms with Crippen molar-refractivity contribution in [3.63, 3.8) is 0 Å². The van der Waals surface area contributed by atoms with Gasteiger partial charge in [-0.1, -0.05) is 30.3 Å². The summed E-state index contributed by atoms with van der Waals surface area (Å²) in [6.07, 6.45) is 2.53. The Kier molecular flexibility index (Phi) is 9.61. The average Bonchev–Trinajstić information content (AvgIpc) is 3.27. The molecule has 2 aromatic carbocycles. The Bertz CT molecular complexity index is 1170. The molecule has 3 rings (SSSR count). The van der Waals surface area contributed by atoms with Crippen molar-refractivity contribution in [1.29, 1.82) is 0 Å². The summed E-state index contributed by atoms with van der Waals surface area (Å²) < 4.78 is 18.3. The van der Waals surface area contributed by atoms with Gasteiger partial charge in [-0.3, -0.25) is 14.4 Å². The molecule has 2 amide bonds. The van der Waals surface area contributed by atoms with E-state index in [0.29, 0.717) is 19.5 Å². The molecule has 0 unspecified atom stereocenters. The van der Waals surface area contributed by atoms with Gasteiger partial charge >= 0.3 is 5.97 Å². The lowest BCUT2D eigenvalue weighted by atomic mass is 10.1. The first-order valence-electron chi connectivity index (χ1n) is 12.3. The minimum atomic E-state index is -0.433. The molecule has 0 spiro atoms. The van der Waals surface area contributed by atoms with Crippen LogP contribution in [-0.2, 0) is 32.1 Å². The van der Waals surface area contributed by atoms with Gasteiger partial charge in [-0.25, -0.2) is 4.39 Å². The highest BCUT2D eigenvalue weighted by atomic mass is 19.1. The number of carbonyl (C=O) groups excluding carboxylic acids is 3. The summed E-state index contributed by atoms with van der Waals surface area (Å²) in [6, 6.07) is 13.8. The molecular formula is C28H34FN3O4. The molecule has 0 radical (unpaired) electrons. The van der Waals surface area contributed by atoms with Gasteiger partial charge in [0.1, 0.15) is 5.82 Å². The van der Waals surface area contributed by atoms with Crippen molar-refractivity contribution in [3.8, 4) is 0 Å². The highest BCUT2D eigenvalue weighted by molar-refractivity contribution is 5.87. The number of fused-ring (bicyclic) bond motifs is 1. The van der Waals surface area contributed by atoms with Crippen molar-refractivity contribution >= 4 is 28.7 Å². The van der Waals surface area contributed by atoms with Crippen molar-refractivity contribution in [2.45, 2.75) is 52.6 Å². The fraction of sp³-hybridized carbons (Fsp3) is 0.393. The van der Waals surface area contributed by atoms with Gasteiger partial charge in [0.05, 0.1) is 19.6 Å². The Balaban J connectivity index is 1.73. The highest BCUT2D eigenvalue weighted by Gasteiger charge is 2.24. The van der Waals surface area contributed by atoms with Crippen LogP contribution in [0.3, 0.4) is 0 Å². The molecule has 7 nitrogen and oxygen atoms in total. The van der Waals surface area contributed by atoms with Gasteiger partial charge in [-0.2, -0.15) is 0 Å². The molecule has 36 heavy (non-hydrogen) atoms. The number of aromatic amines is 1. The van der Waals surface area contributed by atoms with Crippen molar-refractivity contribution in [2.24, 2.45) is 0 Å². The molecule has 0 bridgehead atoms. The van der Waals surface area contributed by atoms with E-state index in [-0.39, 0.29) is 49.7 Å². The zero-order chi connectivity index (χ0) is 26.1. The summed E-state index contributed by atoms with van der Waals surface area (Å²) in [5.41, 5.74) is 2.92. The van der Waals surface area contributed by atoms with Crippen LogP contribution in [0.25, 0.3) is 10.9 Å². The van der Waals surface area contributed by atoms with Crippen molar-refractivity contribution in [1.82, 2.24) is 14.8 Å². The van der Waals surface area contributed by atoms with Crippen LogP contribution < -0.4 is 0 Å². The van der Waals surface area contributed by atoms with E-state index in [1.807, 2.05) is 44.3 Å². The number of H-pyrrole nitrogens is 1. The zero-order valence-electron chi connectivity index (χ0n) is 21.1. The van der Waals surface area contributed by atoms with Crippen LogP contribution in [0.4, 0.5) is 4.39 Å². The lowest BCUT2D eigenvalue weighted by molar-refractivity contribution is -0.147. The molecule has 192 valence electrons. The molecule has 1 aromatic heterocycles. The van der Waals surface area contributed by atoms with Crippen molar-refractivity contribution < 1.29 is 23.5 Å². The van der Waals surface area contributed by atoms with E-state index in [2.05, 4.69) is 4.98 Å². The Labute approximate surface area is 211 Å². The minimum absolute atomic E-state index is 0.0163. The molecular weight excluding hydrogens is 461 g/mol. The molecule has 8 heteroatoms. The second kappa shape index (κ2) is 12.9. The smallest absolute Gasteiger partial charge is 0.306 e. The van der Waals surface area contributed by atoms with E-state index < -0.39 is 5.97 Å². The summed E-state index contributed by atoms with van der Waals surface area (Å²) in [6.45, 7) is 6.27. The first kappa shape index (κ1) is 26.9. The SMILES string of the molecule is CCOC(=O)CCC(=O)N(CC(=O)N(CCc1c[nH]c2ccccc12)Cc1ccc(F)cc1)C(C)C. The number of hydrogen-bond donors (Lipinski definition) is 1. The van der Waals surface area contributed by atoms with E-state index in [1.165, 1.54) is 17.0 Å². The second-order valence-corrected chi connectivity index (χ2v) is 8.97. The van der Waals surface area contributed by atoms with Crippen LogP contribution in [0.1, 0.15) is 44.7 Å². The molecule has 3 aromatic rings. The summed E-state index contributed by atoms with van der Waals surface area (Å²) in [5.74, 6) is -1.26. The molecule has 0 fully saturated rings. The fourth-order valence-corrected chi connectivity index (χ4v) is 4.09. The predicted molar refractivity (Wildman–Crippen MR) is 137 cm³/mol. The lowest BCUT2D eigenvalue weighted by Crippen LogP contribution is -2.46. The van der Waals surface area contributed by atoms with Gasteiger partial charge in [0.15, 0.2) is 0 Å². The van der Waals surface area contributed by atoms with Gasteiger partial charge < -0.3 is 19.5 Å². The third-order valence-corrected chi connectivity index (χ3v) is 6.06. The first-order chi connectivity index (χ1) is 17.3. The van der Waals surface area contributed by atoms with Gasteiger partial charge in [-0.05, 0) is 56.5 Å². The third kappa shape index (κ3) is 7.41. The number of esters is 1. The van der Waals surface area contributed by atoms with Crippen LogP contribution in [-0.4, -0.2) is 58.3 Å². The number of amides is 2. The van der Waals surface area contributed by atoms with Gasteiger partial charge in [0, 0.05) is 42.7 Å². The number of aromatic nitrogens is 1. The number of halogens is 1. The number of benzene rings is 2. The lowest BCUT2D eigenvalue weighted by Gasteiger charge is -2.30. The maximum atomic E-state index is 13.5. The van der Waals surface area contributed by atoms with E-state index in [1.54, 1.807) is 24.0 Å². The van der Waals surface area contributed by atoms with Gasteiger partial charge in [0.25, 0.3) is 0 Å². The van der Waals surface area contributed by atoms with Gasteiger partial charge in [0.2, 0.25) is 11.8 Å². The first-order valence-corrected chi connectivity index (χ1v) is 12.3. The summed E-state index contributed by atoms with van der Waals surface area (Å²) in [5, 5.41) is 1.10. The second-order valence-electron chi connectivity index (χ2n) is 8.97.